The fourth-order valence-electron chi connectivity index (χ4n) is 2.45. The maximum atomic E-state index is 11.9. The van der Waals surface area contributed by atoms with E-state index in [-0.39, 0.29) is 12.0 Å². The summed E-state index contributed by atoms with van der Waals surface area (Å²) >= 11 is 1.38. The van der Waals surface area contributed by atoms with Gasteiger partial charge in [-0.1, -0.05) is 6.08 Å². The summed E-state index contributed by atoms with van der Waals surface area (Å²) in [6.45, 7) is 4.01. The van der Waals surface area contributed by atoms with E-state index in [2.05, 4.69) is 17.2 Å². The number of carbonyl (C=O) groups excluding carboxylic acids is 1. The van der Waals surface area contributed by atoms with Crippen LogP contribution < -0.4 is 16.4 Å². The van der Waals surface area contributed by atoms with Crippen LogP contribution in [-0.4, -0.2) is 31.7 Å². The minimum Gasteiger partial charge on any atom is -0.397 e. The number of hydrogen-bond donors (Lipinski definition) is 3. The van der Waals surface area contributed by atoms with Gasteiger partial charge in [-0.15, -0.1) is 17.9 Å². The van der Waals surface area contributed by atoms with Gasteiger partial charge in [0.1, 0.15) is 4.88 Å². The van der Waals surface area contributed by atoms with Crippen LogP contribution in [0.5, 0.6) is 0 Å². The van der Waals surface area contributed by atoms with Crippen LogP contribution in [0.2, 0.25) is 0 Å². The largest absolute Gasteiger partial charge is 0.397 e. The maximum Gasteiger partial charge on any atom is 0.263 e. The van der Waals surface area contributed by atoms with E-state index in [0.29, 0.717) is 23.2 Å². The molecule has 1 aliphatic carbocycles. The molecule has 0 radical (unpaired) electrons. The Labute approximate surface area is 123 Å². The summed E-state index contributed by atoms with van der Waals surface area (Å²) in [5, 5.41) is 7.08. The topological polar surface area (TPSA) is 76.4 Å². The fraction of sp³-hybridized carbons (Fsp3) is 0.500. The van der Waals surface area contributed by atoms with E-state index in [0.717, 1.165) is 24.3 Å². The Kier molecular flexibility index (Phi) is 5.03. The first-order valence-electron chi connectivity index (χ1n) is 6.73. The van der Waals surface area contributed by atoms with Gasteiger partial charge < -0.3 is 21.1 Å². The number of nitrogen functional groups attached to an aromatic ring is 1. The molecule has 0 bridgehead atoms. The van der Waals surface area contributed by atoms with E-state index >= 15 is 0 Å². The molecule has 2 atom stereocenters. The SMILES string of the molecule is C=CCNC(=O)c1sc(NC2CCCC2OC)cc1N. The molecule has 0 aromatic carbocycles. The second-order valence-electron chi connectivity index (χ2n) is 4.85. The number of anilines is 2. The molecule has 1 amide bonds. The second-order valence-corrected chi connectivity index (χ2v) is 5.90. The average molecular weight is 295 g/mol. The molecule has 110 valence electrons. The highest BCUT2D eigenvalue weighted by Crippen LogP contribution is 2.32. The molecule has 1 saturated carbocycles. The number of hydrogen-bond acceptors (Lipinski definition) is 5. The van der Waals surface area contributed by atoms with E-state index in [9.17, 15) is 4.79 Å². The number of nitrogens with one attached hydrogen (secondary N) is 2. The number of methoxy groups -OCH3 is 1. The van der Waals surface area contributed by atoms with E-state index < -0.39 is 0 Å². The van der Waals surface area contributed by atoms with Gasteiger partial charge in [-0.3, -0.25) is 4.79 Å². The summed E-state index contributed by atoms with van der Waals surface area (Å²) < 4.78 is 5.45. The highest BCUT2D eigenvalue weighted by atomic mass is 32.1. The van der Waals surface area contributed by atoms with Gasteiger partial charge in [-0.25, -0.2) is 0 Å². The molecule has 20 heavy (non-hydrogen) atoms. The lowest BCUT2D eigenvalue weighted by molar-refractivity contribution is 0.0963. The van der Waals surface area contributed by atoms with Gasteiger partial charge in [0, 0.05) is 13.7 Å². The Morgan fingerprint density at radius 1 is 1.65 bits per heavy atom. The molecule has 0 spiro atoms. The van der Waals surface area contributed by atoms with Crippen LogP contribution in [0.15, 0.2) is 18.7 Å². The van der Waals surface area contributed by atoms with Gasteiger partial charge in [-0.05, 0) is 25.3 Å². The molecule has 1 aliphatic rings. The Morgan fingerprint density at radius 3 is 3.15 bits per heavy atom. The first-order chi connectivity index (χ1) is 9.65. The van der Waals surface area contributed by atoms with Crippen molar-refractivity contribution in [2.24, 2.45) is 0 Å². The van der Waals surface area contributed by atoms with Crippen molar-refractivity contribution >= 4 is 27.9 Å². The number of carbonyl (C=O) groups is 1. The van der Waals surface area contributed by atoms with E-state index in [4.69, 9.17) is 10.5 Å². The minimum absolute atomic E-state index is 0.157. The zero-order valence-corrected chi connectivity index (χ0v) is 12.5. The van der Waals surface area contributed by atoms with Crippen molar-refractivity contribution in [3.05, 3.63) is 23.6 Å². The number of ether oxygens (including phenoxy) is 1. The number of nitrogens with two attached hydrogens (primary N) is 1. The number of amides is 1. The molecular formula is C14H21N3O2S. The van der Waals surface area contributed by atoms with Gasteiger partial charge in [0.15, 0.2) is 0 Å². The Balaban J connectivity index is 2.03. The van der Waals surface area contributed by atoms with Crippen LogP contribution in [-0.2, 0) is 4.74 Å². The van der Waals surface area contributed by atoms with Crippen LogP contribution in [0.4, 0.5) is 10.7 Å². The van der Waals surface area contributed by atoms with Crippen molar-refractivity contribution in [3.63, 3.8) is 0 Å². The monoisotopic (exact) mass is 295 g/mol. The average Bonchev–Trinajstić information content (AvgIpc) is 3.02. The Hall–Kier alpha value is -1.53. The number of thiophene rings is 1. The lowest BCUT2D eigenvalue weighted by Gasteiger charge is -2.19. The zero-order chi connectivity index (χ0) is 14.5. The lowest BCUT2D eigenvalue weighted by Crippen LogP contribution is -2.29. The lowest BCUT2D eigenvalue weighted by atomic mass is 10.2. The fourth-order valence-corrected chi connectivity index (χ4v) is 3.41. The van der Waals surface area contributed by atoms with Gasteiger partial charge in [0.25, 0.3) is 5.91 Å². The summed E-state index contributed by atoms with van der Waals surface area (Å²) in [7, 11) is 1.74. The first kappa shape index (κ1) is 14.9. The van der Waals surface area contributed by atoms with Gasteiger partial charge >= 0.3 is 0 Å². The molecule has 0 saturated heterocycles. The van der Waals surface area contributed by atoms with Crippen molar-refractivity contribution < 1.29 is 9.53 Å². The van der Waals surface area contributed by atoms with Crippen molar-refractivity contribution in [3.8, 4) is 0 Å². The van der Waals surface area contributed by atoms with Crippen molar-refractivity contribution in [1.29, 1.82) is 0 Å². The van der Waals surface area contributed by atoms with Gasteiger partial charge in [0.05, 0.1) is 22.8 Å². The third-order valence-electron chi connectivity index (χ3n) is 3.46. The van der Waals surface area contributed by atoms with Crippen LogP contribution in [0, 0.1) is 0 Å². The van der Waals surface area contributed by atoms with E-state index in [1.54, 1.807) is 13.2 Å². The normalized spacial score (nSPS) is 21.6. The van der Waals surface area contributed by atoms with Crippen molar-refractivity contribution in [2.75, 3.05) is 24.7 Å². The van der Waals surface area contributed by atoms with Crippen LogP contribution in [0.25, 0.3) is 0 Å². The highest BCUT2D eigenvalue weighted by molar-refractivity contribution is 7.18. The minimum atomic E-state index is -0.157. The molecule has 0 aliphatic heterocycles. The third-order valence-corrected chi connectivity index (χ3v) is 4.54. The molecule has 1 fully saturated rings. The van der Waals surface area contributed by atoms with Gasteiger partial charge in [-0.2, -0.15) is 0 Å². The summed E-state index contributed by atoms with van der Waals surface area (Å²) in [6, 6.07) is 2.11. The molecular weight excluding hydrogens is 274 g/mol. The highest BCUT2D eigenvalue weighted by Gasteiger charge is 2.27. The zero-order valence-electron chi connectivity index (χ0n) is 11.6. The predicted molar refractivity (Wildman–Crippen MR) is 83.3 cm³/mol. The van der Waals surface area contributed by atoms with E-state index in [1.807, 2.05) is 6.07 Å². The third kappa shape index (κ3) is 3.32. The van der Waals surface area contributed by atoms with Gasteiger partial charge in [0.2, 0.25) is 0 Å². The first-order valence-corrected chi connectivity index (χ1v) is 7.55. The summed E-state index contributed by atoms with van der Waals surface area (Å²) in [5.41, 5.74) is 6.41. The van der Waals surface area contributed by atoms with Crippen LogP contribution in [0.3, 0.4) is 0 Å². The Bertz CT molecular complexity index is 487. The Morgan fingerprint density at radius 2 is 2.45 bits per heavy atom. The molecule has 1 aromatic heterocycles. The molecule has 1 heterocycles. The summed E-state index contributed by atoms with van der Waals surface area (Å²) in [5.74, 6) is -0.157. The predicted octanol–water partition coefficient (Wildman–Crippen LogP) is 2.23. The maximum absolute atomic E-state index is 11.9. The molecule has 5 nitrogen and oxygen atoms in total. The second kappa shape index (κ2) is 6.76. The molecule has 1 aromatic rings. The van der Waals surface area contributed by atoms with E-state index in [1.165, 1.54) is 11.3 Å². The summed E-state index contributed by atoms with van der Waals surface area (Å²) in [6.07, 6.45) is 5.18. The molecule has 6 heteroatoms. The smallest absolute Gasteiger partial charge is 0.263 e. The van der Waals surface area contributed by atoms with Crippen LogP contribution >= 0.6 is 11.3 Å². The molecule has 2 unspecified atom stereocenters. The van der Waals surface area contributed by atoms with Crippen molar-refractivity contribution in [2.45, 2.75) is 31.4 Å². The van der Waals surface area contributed by atoms with Crippen molar-refractivity contribution in [1.82, 2.24) is 5.32 Å². The molecule has 4 N–H and O–H groups in total. The quantitative estimate of drug-likeness (QED) is 0.703. The standard InChI is InChI=1S/C14H21N3O2S/c1-3-7-16-14(18)13-9(15)8-12(20-13)17-10-5-4-6-11(10)19-2/h3,8,10-11,17H,1,4-7,15H2,2H3,(H,16,18). The summed E-state index contributed by atoms with van der Waals surface area (Å²) in [4.78, 5) is 12.5. The molecule has 2 rings (SSSR count). The number of rotatable bonds is 6. The van der Waals surface area contributed by atoms with Crippen LogP contribution in [0.1, 0.15) is 28.9 Å².